The molecule has 0 unspecified atom stereocenters. The van der Waals surface area contributed by atoms with E-state index >= 15 is 0 Å². The number of carbonyl (C=O) groups excluding carboxylic acids is 2. The van der Waals surface area contributed by atoms with Gasteiger partial charge in [0.15, 0.2) is 11.5 Å². The van der Waals surface area contributed by atoms with Crippen molar-refractivity contribution in [2.24, 2.45) is 0 Å². The topological polar surface area (TPSA) is 103 Å². The molecule has 1 N–H and O–H groups in total. The number of nitrogens with zero attached hydrogens (tertiary/aromatic N) is 5. The molecule has 26 heavy (non-hydrogen) atoms. The van der Waals surface area contributed by atoms with Crippen LogP contribution < -0.4 is 5.32 Å². The first kappa shape index (κ1) is 17.8. The van der Waals surface area contributed by atoms with Crippen LogP contribution in [0.15, 0.2) is 24.3 Å². The lowest BCUT2D eigenvalue weighted by molar-refractivity contribution is -0.116. The summed E-state index contributed by atoms with van der Waals surface area (Å²) in [6.45, 7) is 3.31. The summed E-state index contributed by atoms with van der Waals surface area (Å²) in [4.78, 5) is 27.7. The van der Waals surface area contributed by atoms with Gasteiger partial charge >= 0.3 is 0 Å². The van der Waals surface area contributed by atoms with Crippen molar-refractivity contribution in [3.63, 3.8) is 0 Å². The Morgan fingerprint density at radius 2 is 2.00 bits per heavy atom. The number of halogens is 1. The Hall–Kier alpha value is -3.01. The van der Waals surface area contributed by atoms with Gasteiger partial charge in [0.25, 0.3) is 5.91 Å². The molecule has 10 heteroatoms. The molecule has 0 saturated heterocycles. The molecule has 3 aromatic rings. The zero-order valence-corrected chi connectivity index (χ0v) is 14.9. The molecule has 0 atom stereocenters. The number of nitrogens with one attached hydrogen (secondary N) is 1. The number of anilines is 1. The van der Waals surface area contributed by atoms with Crippen LogP contribution in [0.3, 0.4) is 0 Å². The highest BCUT2D eigenvalue weighted by Gasteiger charge is 2.21. The molecule has 3 rings (SSSR count). The first-order valence-corrected chi connectivity index (χ1v) is 8.59. The summed E-state index contributed by atoms with van der Waals surface area (Å²) < 4.78 is 18.6. The Balaban J connectivity index is 1.82. The van der Waals surface area contributed by atoms with Gasteiger partial charge in [-0.05, 0) is 37.6 Å². The van der Waals surface area contributed by atoms with Crippen LogP contribution in [0.1, 0.15) is 35.9 Å². The molecule has 1 amide bonds. The number of amides is 1. The Morgan fingerprint density at radius 3 is 2.65 bits per heavy atom. The van der Waals surface area contributed by atoms with Crippen LogP contribution in [0, 0.1) is 5.82 Å². The van der Waals surface area contributed by atoms with E-state index in [1.54, 1.807) is 12.1 Å². The van der Waals surface area contributed by atoms with Crippen molar-refractivity contribution in [1.82, 2.24) is 24.4 Å². The van der Waals surface area contributed by atoms with Crippen molar-refractivity contribution in [3.05, 3.63) is 47.3 Å². The third-order valence-electron chi connectivity index (χ3n) is 3.48. The minimum absolute atomic E-state index is 0.0591. The third kappa shape index (κ3) is 3.80. The monoisotopic (exact) mass is 374 g/mol. The third-order valence-corrected chi connectivity index (χ3v) is 4.15. The Labute approximate surface area is 152 Å². The lowest BCUT2D eigenvalue weighted by Crippen LogP contribution is -2.15. The molecule has 8 nitrogen and oxygen atoms in total. The van der Waals surface area contributed by atoms with Gasteiger partial charge in [0.1, 0.15) is 11.6 Å². The van der Waals surface area contributed by atoms with Crippen LogP contribution in [-0.4, -0.2) is 36.0 Å². The van der Waals surface area contributed by atoms with Gasteiger partial charge in [-0.3, -0.25) is 14.9 Å². The number of rotatable bonds is 6. The fourth-order valence-corrected chi connectivity index (χ4v) is 2.92. The van der Waals surface area contributed by atoms with Crippen molar-refractivity contribution >= 4 is 28.4 Å². The quantitative estimate of drug-likeness (QED) is 0.710. The van der Waals surface area contributed by atoms with Crippen LogP contribution >= 0.6 is 11.5 Å². The minimum Gasteiger partial charge on any atom is -0.300 e. The SMILES string of the molecule is CCc1c(C(=O)Nc2nc(CC(C)=O)ns2)nnn1-c1ccc(F)cc1. The Bertz CT molecular complexity index is 950. The van der Waals surface area contributed by atoms with Gasteiger partial charge < -0.3 is 0 Å². The summed E-state index contributed by atoms with van der Waals surface area (Å²) in [5.41, 5.74) is 1.34. The van der Waals surface area contributed by atoms with Crippen molar-refractivity contribution in [2.45, 2.75) is 26.7 Å². The molecule has 0 saturated carbocycles. The van der Waals surface area contributed by atoms with E-state index in [9.17, 15) is 14.0 Å². The molecular formula is C16H15FN6O2S. The predicted octanol–water partition coefficient (Wildman–Crippen LogP) is 2.20. The molecule has 0 aliphatic heterocycles. The normalized spacial score (nSPS) is 10.7. The van der Waals surface area contributed by atoms with Gasteiger partial charge in [-0.1, -0.05) is 12.1 Å². The molecule has 0 radical (unpaired) electrons. The lowest BCUT2D eigenvalue weighted by atomic mass is 10.2. The number of hydrogen-bond donors (Lipinski definition) is 1. The van der Waals surface area contributed by atoms with Gasteiger partial charge in [0.05, 0.1) is 17.8 Å². The summed E-state index contributed by atoms with van der Waals surface area (Å²) in [5, 5.41) is 10.8. The molecule has 0 spiro atoms. The number of benzene rings is 1. The van der Waals surface area contributed by atoms with E-state index in [0.29, 0.717) is 23.6 Å². The van der Waals surface area contributed by atoms with E-state index < -0.39 is 5.91 Å². The molecule has 2 aromatic heterocycles. The first-order valence-electron chi connectivity index (χ1n) is 7.81. The zero-order valence-electron chi connectivity index (χ0n) is 14.1. The zero-order chi connectivity index (χ0) is 18.7. The molecule has 0 aliphatic carbocycles. The number of Topliss-reactive ketones (excluding diaryl/α,β-unsaturated/α-hetero) is 1. The molecule has 1 aromatic carbocycles. The Kier molecular flexibility index (Phi) is 5.12. The maximum atomic E-state index is 13.1. The smallest absolute Gasteiger partial charge is 0.279 e. The second-order valence-corrected chi connectivity index (χ2v) is 6.23. The van der Waals surface area contributed by atoms with Crippen LogP contribution in [-0.2, 0) is 17.6 Å². The van der Waals surface area contributed by atoms with Crippen molar-refractivity contribution in [1.29, 1.82) is 0 Å². The number of ketones is 1. The summed E-state index contributed by atoms with van der Waals surface area (Å²) in [6.07, 6.45) is 0.617. The maximum Gasteiger partial charge on any atom is 0.279 e. The summed E-state index contributed by atoms with van der Waals surface area (Å²) in [5.74, 6) is -0.525. The highest BCUT2D eigenvalue weighted by atomic mass is 32.1. The number of hydrogen-bond acceptors (Lipinski definition) is 7. The van der Waals surface area contributed by atoms with Crippen LogP contribution in [0.2, 0.25) is 0 Å². The summed E-state index contributed by atoms with van der Waals surface area (Å²) in [7, 11) is 0. The fourth-order valence-electron chi connectivity index (χ4n) is 2.34. The van der Waals surface area contributed by atoms with Gasteiger partial charge in [0, 0.05) is 11.5 Å². The van der Waals surface area contributed by atoms with E-state index in [1.165, 1.54) is 23.7 Å². The van der Waals surface area contributed by atoms with Crippen LogP contribution in [0.4, 0.5) is 9.52 Å². The second-order valence-electron chi connectivity index (χ2n) is 5.48. The van der Waals surface area contributed by atoms with Crippen LogP contribution in [0.25, 0.3) is 5.69 Å². The van der Waals surface area contributed by atoms with Gasteiger partial charge in [0.2, 0.25) is 5.13 Å². The second kappa shape index (κ2) is 7.48. The molecule has 2 heterocycles. The van der Waals surface area contributed by atoms with Gasteiger partial charge in [-0.15, -0.1) is 5.10 Å². The van der Waals surface area contributed by atoms with E-state index in [1.807, 2.05) is 6.92 Å². The van der Waals surface area contributed by atoms with Crippen molar-refractivity contribution in [2.75, 3.05) is 5.32 Å². The van der Waals surface area contributed by atoms with Crippen molar-refractivity contribution < 1.29 is 14.0 Å². The summed E-state index contributed by atoms with van der Waals surface area (Å²) in [6, 6.07) is 5.75. The van der Waals surface area contributed by atoms with Crippen LogP contribution in [0.5, 0.6) is 0 Å². The van der Waals surface area contributed by atoms with Gasteiger partial charge in [-0.25, -0.2) is 14.1 Å². The number of aromatic nitrogens is 5. The Morgan fingerprint density at radius 1 is 1.27 bits per heavy atom. The molecular weight excluding hydrogens is 359 g/mol. The molecule has 0 aliphatic rings. The predicted molar refractivity (Wildman–Crippen MR) is 92.9 cm³/mol. The van der Waals surface area contributed by atoms with E-state index in [4.69, 9.17) is 0 Å². The molecule has 0 bridgehead atoms. The largest absolute Gasteiger partial charge is 0.300 e. The highest BCUT2D eigenvalue weighted by Crippen LogP contribution is 2.17. The average Bonchev–Trinajstić information content (AvgIpc) is 3.21. The van der Waals surface area contributed by atoms with E-state index in [-0.39, 0.29) is 28.8 Å². The molecule has 134 valence electrons. The lowest BCUT2D eigenvalue weighted by Gasteiger charge is -2.05. The summed E-state index contributed by atoms with van der Waals surface area (Å²) >= 11 is 0.991. The fraction of sp³-hybridized carbons (Fsp3) is 0.250. The minimum atomic E-state index is -0.472. The maximum absolute atomic E-state index is 13.1. The molecule has 0 fully saturated rings. The highest BCUT2D eigenvalue weighted by molar-refractivity contribution is 7.09. The standard InChI is InChI=1S/C16H15FN6O2S/c1-3-12-14(20-22-23(12)11-6-4-10(17)5-7-11)15(25)19-16-18-13(21-26-16)8-9(2)24/h4-7H,3,8H2,1-2H3,(H,18,19,21,25). The number of carbonyl (C=O) groups is 2. The van der Waals surface area contributed by atoms with Gasteiger partial charge in [-0.2, -0.15) is 4.37 Å². The van der Waals surface area contributed by atoms with E-state index in [0.717, 1.165) is 11.5 Å². The first-order chi connectivity index (χ1) is 12.5. The van der Waals surface area contributed by atoms with Crippen molar-refractivity contribution in [3.8, 4) is 5.69 Å². The average molecular weight is 374 g/mol. The van der Waals surface area contributed by atoms with E-state index in [2.05, 4.69) is 25.0 Å².